The Morgan fingerprint density at radius 2 is 1.77 bits per heavy atom. The van der Waals surface area contributed by atoms with Gasteiger partial charge >= 0.3 is 0 Å². The number of pyridine rings is 1. The van der Waals surface area contributed by atoms with Crippen molar-refractivity contribution >= 4 is 11.5 Å². The van der Waals surface area contributed by atoms with Crippen molar-refractivity contribution in [2.45, 2.75) is 6.92 Å². The first-order valence-electron chi connectivity index (χ1n) is 7.48. The summed E-state index contributed by atoms with van der Waals surface area (Å²) in [6.07, 6.45) is 1.82. The maximum atomic E-state index is 9.89. The fourth-order valence-electron chi connectivity index (χ4n) is 2.61. The molecule has 1 aliphatic heterocycles. The summed E-state index contributed by atoms with van der Waals surface area (Å²) >= 11 is 0. The van der Waals surface area contributed by atoms with Gasteiger partial charge in [-0.15, -0.1) is 0 Å². The predicted octanol–water partition coefficient (Wildman–Crippen LogP) is 2.33. The molecule has 0 unspecified atom stereocenters. The van der Waals surface area contributed by atoms with Gasteiger partial charge in [0.2, 0.25) is 0 Å². The van der Waals surface area contributed by atoms with Crippen LogP contribution in [0, 0.1) is 0 Å². The third-order valence-electron chi connectivity index (χ3n) is 3.81. The van der Waals surface area contributed by atoms with E-state index in [0.29, 0.717) is 0 Å². The van der Waals surface area contributed by atoms with Gasteiger partial charge < -0.3 is 10.0 Å². The first-order chi connectivity index (χ1) is 10.7. The number of aromatic nitrogens is 1. The molecule has 2 aromatic rings. The molecule has 0 radical (unpaired) electrons. The molecule has 1 aromatic heterocycles. The average molecular weight is 296 g/mol. The third-order valence-corrected chi connectivity index (χ3v) is 3.81. The molecule has 3 rings (SSSR count). The minimum absolute atomic E-state index is 0.274. The van der Waals surface area contributed by atoms with Crippen molar-refractivity contribution in [3.05, 3.63) is 54.2 Å². The maximum absolute atomic E-state index is 9.89. The van der Waals surface area contributed by atoms with Crippen molar-refractivity contribution in [2.24, 2.45) is 5.10 Å². The first-order valence-corrected chi connectivity index (χ1v) is 7.48. The Morgan fingerprint density at radius 1 is 1.05 bits per heavy atom. The van der Waals surface area contributed by atoms with Crippen molar-refractivity contribution in [3.63, 3.8) is 0 Å². The summed E-state index contributed by atoms with van der Waals surface area (Å²) in [6, 6.07) is 13.3. The molecule has 5 heteroatoms. The summed E-state index contributed by atoms with van der Waals surface area (Å²) < 4.78 is 0. The summed E-state index contributed by atoms with van der Waals surface area (Å²) in [6.45, 7) is 5.42. The molecule has 5 nitrogen and oxygen atoms in total. The van der Waals surface area contributed by atoms with Gasteiger partial charge in [0.15, 0.2) is 0 Å². The number of hydrazone groups is 1. The molecule has 22 heavy (non-hydrogen) atoms. The smallest absolute Gasteiger partial charge is 0.128 e. The number of rotatable bonds is 3. The van der Waals surface area contributed by atoms with Crippen molar-refractivity contribution in [1.29, 1.82) is 0 Å². The number of phenolic OH excluding ortho intramolecular Hbond substituents is 1. The fourth-order valence-corrected chi connectivity index (χ4v) is 2.61. The Hall–Kier alpha value is -2.56. The molecule has 0 saturated carbocycles. The molecule has 1 N–H and O–H groups in total. The van der Waals surface area contributed by atoms with Crippen LogP contribution in [-0.2, 0) is 0 Å². The Morgan fingerprint density at radius 3 is 2.45 bits per heavy atom. The van der Waals surface area contributed by atoms with Crippen LogP contribution in [0.1, 0.15) is 12.5 Å². The van der Waals surface area contributed by atoms with E-state index >= 15 is 0 Å². The van der Waals surface area contributed by atoms with Crippen LogP contribution in [0.5, 0.6) is 5.75 Å². The molecule has 0 spiro atoms. The lowest BCUT2D eigenvalue weighted by Gasteiger charge is -2.34. The summed E-state index contributed by atoms with van der Waals surface area (Å²) in [5, 5.41) is 16.6. The molecule has 1 aromatic carbocycles. The molecule has 0 aliphatic carbocycles. The largest absolute Gasteiger partial charge is 0.507 e. The minimum Gasteiger partial charge on any atom is -0.507 e. The minimum atomic E-state index is 0.274. The number of anilines is 1. The van der Waals surface area contributed by atoms with Crippen LogP contribution in [0.2, 0.25) is 0 Å². The van der Waals surface area contributed by atoms with Crippen molar-refractivity contribution in [1.82, 2.24) is 9.99 Å². The zero-order chi connectivity index (χ0) is 15.4. The maximum Gasteiger partial charge on any atom is 0.128 e. The molecule has 0 atom stereocenters. The van der Waals surface area contributed by atoms with Crippen LogP contribution >= 0.6 is 0 Å². The molecule has 0 amide bonds. The highest BCUT2D eigenvalue weighted by Gasteiger charge is 2.17. The number of nitrogens with zero attached hydrogens (tertiary/aromatic N) is 4. The van der Waals surface area contributed by atoms with Crippen molar-refractivity contribution in [2.75, 3.05) is 31.1 Å². The molecule has 0 bridgehead atoms. The molecular weight excluding hydrogens is 276 g/mol. The second kappa shape index (κ2) is 6.47. The number of hydrogen-bond acceptors (Lipinski definition) is 5. The normalized spacial score (nSPS) is 16.0. The van der Waals surface area contributed by atoms with Gasteiger partial charge in [-0.2, -0.15) is 5.10 Å². The fraction of sp³-hybridized carbons (Fsp3) is 0.294. The topological polar surface area (TPSA) is 52.0 Å². The second-order valence-corrected chi connectivity index (χ2v) is 5.33. The van der Waals surface area contributed by atoms with Gasteiger partial charge in [0.05, 0.1) is 18.8 Å². The van der Waals surface area contributed by atoms with Crippen LogP contribution in [-0.4, -0.2) is 47.0 Å². The second-order valence-electron chi connectivity index (χ2n) is 5.33. The zero-order valence-electron chi connectivity index (χ0n) is 12.7. The number of phenols is 1. The number of aromatic hydroxyl groups is 1. The quantitative estimate of drug-likeness (QED) is 0.883. The van der Waals surface area contributed by atoms with Gasteiger partial charge in [0.1, 0.15) is 11.6 Å². The number of hydrogen-bond donors (Lipinski definition) is 1. The monoisotopic (exact) mass is 296 g/mol. The number of para-hydroxylation sites is 1. The van der Waals surface area contributed by atoms with E-state index in [1.54, 1.807) is 6.07 Å². The van der Waals surface area contributed by atoms with E-state index in [0.717, 1.165) is 43.3 Å². The van der Waals surface area contributed by atoms with E-state index in [1.165, 1.54) is 0 Å². The highest BCUT2D eigenvalue weighted by molar-refractivity contribution is 6.00. The van der Waals surface area contributed by atoms with Gasteiger partial charge in [-0.05, 0) is 31.2 Å². The van der Waals surface area contributed by atoms with Crippen LogP contribution in [0.4, 0.5) is 5.82 Å². The first kappa shape index (κ1) is 14.4. The molecule has 1 fully saturated rings. The molecule has 1 saturated heterocycles. The number of benzene rings is 1. The number of piperazine rings is 1. The standard InChI is InChI=1S/C17H20N4O/c1-14(15-6-2-3-7-16(15)22)19-21-12-10-20(11-13-21)17-8-4-5-9-18-17/h2-9,22H,10-13H2,1H3/b19-14+. The Labute approximate surface area is 130 Å². The zero-order valence-corrected chi connectivity index (χ0v) is 12.7. The highest BCUT2D eigenvalue weighted by Crippen LogP contribution is 2.18. The van der Waals surface area contributed by atoms with Crippen LogP contribution in [0.3, 0.4) is 0 Å². The molecule has 114 valence electrons. The summed E-state index contributed by atoms with van der Waals surface area (Å²) in [5.74, 6) is 1.29. The van der Waals surface area contributed by atoms with E-state index in [-0.39, 0.29) is 5.75 Å². The third kappa shape index (κ3) is 3.19. The van der Waals surface area contributed by atoms with E-state index in [9.17, 15) is 5.11 Å². The average Bonchev–Trinajstić information content (AvgIpc) is 2.57. The Balaban J connectivity index is 1.64. The lowest BCUT2D eigenvalue weighted by molar-refractivity contribution is 0.270. The Kier molecular flexibility index (Phi) is 4.23. The molecule has 2 heterocycles. The molecular formula is C17H20N4O. The van der Waals surface area contributed by atoms with E-state index in [2.05, 4.69) is 20.0 Å². The Bertz CT molecular complexity index is 649. The summed E-state index contributed by atoms with van der Waals surface area (Å²) in [7, 11) is 0. The predicted molar refractivity (Wildman–Crippen MR) is 88.3 cm³/mol. The lowest BCUT2D eigenvalue weighted by atomic mass is 10.1. The van der Waals surface area contributed by atoms with Crippen molar-refractivity contribution in [3.8, 4) is 5.75 Å². The lowest BCUT2D eigenvalue weighted by Crippen LogP contribution is -2.44. The molecule has 1 aliphatic rings. The van der Waals surface area contributed by atoms with Crippen LogP contribution in [0.25, 0.3) is 0 Å². The summed E-state index contributed by atoms with van der Waals surface area (Å²) in [4.78, 5) is 6.65. The van der Waals surface area contributed by atoms with Gasteiger partial charge in [0, 0.05) is 24.8 Å². The highest BCUT2D eigenvalue weighted by atomic mass is 16.3. The van der Waals surface area contributed by atoms with Crippen LogP contribution in [0.15, 0.2) is 53.8 Å². The van der Waals surface area contributed by atoms with Crippen LogP contribution < -0.4 is 4.90 Å². The van der Waals surface area contributed by atoms with Gasteiger partial charge in [-0.1, -0.05) is 18.2 Å². The SMILES string of the molecule is C/C(=N\N1CCN(c2ccccn2)CC1)c1ccccc1O. The van der Waals surface area contributed by atoms with Gasteiger partial charge in [-0.25, -0.2) is 4.98 Å². The van der Waals surface area contributed by atoms with Gasteiger partial charge in [0.25, 0.3) is 0 Å². The van der Waals surface area contributed by atoms with E-state index < -0.39 is 0 Å². The van der Waals surface area contributed by atoms with Gasteiger partial charge in [-0.3, -0.25) is 5.01 Å². The van der Waals surface area contributed by atoms with Crippen molar-refractivity contribution < 1.29 is 5.11 Å². The summed E-state index contributed by atoms with van der Waals surface area (Å²) in [5.41, 5.74) is 1.62. The van der Waals surface area contributed by atoms with E-state index in [1.807, 2.05) is 49.5 Å². The van der Waals surface area contributed by atoms with E-state index in [4.69, 9.17) is 0 Å².